The molecule has 0 fully saturated rings. The van der Waals surface area contributed by atoms with Gasteiger partial charge >= 0.3 is 0 Å². The monoisotopic (exact) mass is 287 g/mol. The molecule has 0 atom stereocenters. The van der Waals surface area contributed by atoms with Gasteiger partial charge < -0.3 is 19.9 Å². The van der Waals surface area contributed by atoms with Crippen LogP contribution < -0.4 is 14.8 Å². The van der Waals surface area contributed by atoms with Crippen LogP contribution in [0.5, 0.6) is 17.2 Å². The third-order valence-electron chi connectivity index (χ3n) is 3.22. The molecule has 2 aromatic carbocycles. The third kappa shape index (κ3) is 3.81. The summed E-state index contributed by atoms with van der Waals surface area (Å²) in [5, 5.41) is 12.9. The van der Waals surface area contributed by atoms with Gasteiger partial charge in [0.15, 0.2) is 11.5 Å². The number of anilines is 1. The van der Waals surface area contributed by atoms with E-state index in [1.165, 1.54) is 0 Å². The average molecular weight is 287 g/mol. The Hall–Kier alpha value is -2.36. The van der Waals surface area contributed by atoms with Gasteiger partial charge in [0, 0.05) is 12.2 Å². The number of phenolic OH excluding ortho intramolecular Hbond substituents is 1. The summed E-state index contributed by atoms with van der Waals surface area (Å²) in [6.45, 7) is 5.10. The molecular formula is C17H21NO3. The van der Waals surface area contributed by atoms with E-state index in [9.17, 15) is 5.11 Å². The van der Waals surface area contributed by atoms with E-state index in [-0.39, 0.29) is 0 Å². The van der Waals surface area contributed by atoms with Crippen molar-refractivity contribution >= 4 is 5.69 Å². The van der Waals surface area contributed by atoms with Crippen molar-refractivity contribution in [2.75, 3.05) is 19.0 Å². The first kappa shape index (κ1) is 15.0. The van der Waals surface area contributed by atoms with Gasteiger partial charge in [-0.2, -0.15) is 0 Å². The Morgan fingerprint density at radius 2 is 1.90 bits per heavy atom. The van der Waals surface area contributed by atoms with E-state index in [4.69, 9.17) is 9.47 Å². The highest BCUT2D eigenvalue weighted by Crippen LogP contribution is 2.28. The predicted molar refractivity (Wildman–Crippen MR) is 84.3 cm³/mol. The molecule has 0 saturated carbocycles. The maximum absolute atomic E-state index is 9.52. The van der Waals surface area contributed by atoms with Crippen LogP contribution in [0.3, 0.4) is 0 Å². The smallest absolute Gasteiger partial charge is 0.161 e. The summed E-state index contributed by atoms with van der Waals surface area (Å²) in [6, 6.07) is 11.4. The molecule has 0 radical (unpaired) electrons. The standard InChI is InChI=1S/C17H21NO3/c1-4-21-17-10-13(5-8-16(17)20-3)11-18-14-6-7-15(19)12(2)9-14/h5-10,18-19H,4,11H2,1-3H3. The molecule has 0 aliphatic carbocycles. The molecule has 4 nitrogen and oxygen atoms in total. The lowest BCUT2D eigenvalue weighted by Crippen LogP contribution is -2.01. The molecule has 2 N–H and O–H groups in total. The van der Waals surface area contributed by atoms with Crippen LogP contribution in [-0.4, -0.2) is 18.8 Å². The first-order valence-electron chi connectivity index (χ1n) is 6.97. The van der Waals surface area contributed by atoms with Crippen LogP contribution in [-0.2, 0) is 6.54 Å². The fourth-order valence-electron chi connectivity index (χ4n) is 2.07. The Kier molecular flexibility index (Phi) is 4.93. The summed E-state index contributed by atoms with van der Waals surface area (Å²) in [4.78, 5) is 0. The minimum Gasteiger partial charge on any atom is -0.508 e. The Balaban J connectivity index is 2.08. The van der Waals surface area contributed by atoms with Crippen LogP contribution in [0.2, 0.25) is 0 Å². The lowest BCUT2D eigenvalue weighted by Gasteiger charge is -2.12. The number of nitrogens with one attached hydrogen (secondary N) is 1. The molecule has 112 valence electrons. The van der Waals surface area contributed by atoms with Crippen LogP contribution in [0.4, 0.5) is 5.69 Å². The molecule has 0 aliphatic heterocycles. The molecule has 0 saturated heterocycles. The van der Waals surface area contributed by atoms with Gasteiger partial charge in [-0.05, 0) is 55.3 Å². The molecule has 0 aliphatic rings. The second kappa shape index (κ2) is 6.88. The predicted octanol–water partition coefficient (Wildman–Crippen LogP) is 3.72. The number of aryl methyl sites for hydroxylation is 1. The first-order valence-corrected chi connectivity index (χ1v) is 6.97. The summed E-state index contributed by atoms with van der Waals surface area (Å²) in [7, 11) is 1.63. The first-order chi connectivity index (χ1) is 10.1. The highest BCUT2D eigenvalue weighted by atomic mass is 16.5. The molecule has 0 bridgehead atoms. The van der Waals surface area contributed by atoms with Gasteiger partial charge in [-0.1, -0.05) is 6.07 Å². The van der Waals surface area contributed by atoms with Gasteiger partial charge in [0.25, 0.3) is 0 Å². The van der Waals surface area contributed by atoms with Gasteiger partial charge in [-0.3, -0.25) is 0 Å². The Labute approximate surface area is 125 Å². The third-order valence-corrected chi connectivity index (χ3v) is 3.22. The van der Waals surface area contributed by atoms with Crippen LogP contribution in [0.1, 0.15) is 18.1 Å². The number of phenols is 1. The highest BCUT2D eigenvalue weighted by Gasteiger charge is 2.05. The SMILES string of the molecule is CCOc1cc(CNc2ccc(O)c(C)c2)ccc1OC. The molecule has 0 heterocycles. The Morgan fingerprint density at radius 3 is 2.57 bits per heavy atom. The maximum Gasteiger partial charge on any atom is 0.161 e. The Morgan fingerprint density at radius 1 is 1.10 bits per heavy atom. The van der Waals surface area contributed by atoms with Crippen molar-refractivity contribution in [2.45, 2.75) is 20.4 Å². The van der Waals surface area contributed by atoms with E-state index in [1.807, 2.05) is 44.2 Å². The van der Waals surface area contributed by atoms with Gasteiger partial charge in [0.2, 0.25) is 0 Å². The zero-order valence-corrected chi connectivity index (χ0v) is 12.6. The number of ether oxygens (including phenoxy) is 2. The number of aromatic hydroxyl groups is 1. The zero-order chi connectivity index (χ0) is 15.2. The average Bonchev–Trinajstić information content (AvgIpc) is 2.49. The topological polar surface area (TPSA) is 50.7 Å². The van der Waals surface area contributed by atoms with Crippen molar-refractivity contribution in [2.24, 2.45) is 0 Å². The van der Waals surface area contributed by atoms with Crippen LogP contribution in [0.25, 0.3) is 0 Å². The second-order valence-electron chi connectivity index (χ2n) is 4.77. The second-order valence-corrected chi connectivity index (χ2v) is 4.77. The molecular weight excluding hydrogens is 266 g/mol. The molecule has 0 amide bonds. The number of hydrogen-bond donors (Lipinski definition) is 2. The molecule has 2 aromatic rings. The van der Waals surface area contributed by atoms with E-state index in [2.05, 4.69) is 5.32 Å². The molecule has 21 heavy (non-hydrogen) atoms. The van der Waals surface area contributed by atoms with Crippen molar-refractivity contribution < 1.29 is 14.6 Å². The summed E-state index contributed by atoms with van der Waals surface area (Å²) in [5.41, 5.74) is 2.92. The Bertz CT molecular complexity index is 611. The molecule has 2 rings (SSSR count). The van der Waals surface area contributed by atoms with Crippen molar-refractivity contribution in [3.63, 3.8) is 0 Å². The summed E-state index contributed by atoms with van der Waals surface area (Å²) in [5.74, 6) is 1.80. The lowest BCUT2D eigenvalue weighted by atomic mass is 10.1. The summed E-state index contributed by atoms with van der Waals surface area (Å²) >= 11 is 0. The van der Waals surface area contributed by atoms with Crippen LogP contribution >= 0.6 is 0 Å². The number of benzene rings is 2. The van der Waals surface area contributed by atoms with E-state index in [1.54, 1.807) is 13.2 Å². The number of methoxy groups -OCH3 is 1. The van der Waals surface area contributed by atoms with Crippen molar-refractivity contribution in [1.82, 2.24) is 0 Å². The number of hydrogen-bond acceptors (Lipinski definition) is 4. The van der Waals surface area contributed by atoms with Crippen LogP contribution in [0.15, 0.2) is 36.4 Å². The highest BCUT2D eigenvalue weighted by molar-refractivity contribution is 5.51. The lowest BCUT2D eigenvalue weighted by molar-refractivity contribution is 0.310. The maximum atomic E-state index is 9.52. The van der Waals surface area contributed by atoms with E-state index >= 15 is 0 Å². The fourth-order valence-corrected chi connectivity index (χ4v) is 2.07. The normalized spacial score (nSPS) is 10.2. The molecule has 0 spiro atoms. The van der Waals surface area contributed by atoms with Gasteiger partial charge in [0.05, 0.1) is 13.7 Å². The molecule has 0 unspecified atom stereocenters. The largest absolute Gasteiger partial charge is 0.508 e. The van der Waals surface area contributed by atoms with Gasteiger partial charge in [0.1, 0.15) is 5.75 Å². The van der Waals surface area contributed by atoms with Crippen molar-refractivity contribution in [1.29, 1.82) is 0 Å². The van der Waals surface area contributed by atoms with E-state index < -0.39 is 0 Å². The van der Waals surface area contributed by atoms with Gasteiger partial charge in [-0.15, -0.1) is 0 Å². The zero-order valence-electron chi connectivity index (χ0n) is 12.6. The van der Waals surface area contributed by atoms with Crippen molar-refractivity contribution in [3.05, 3.63) is 47.5 Å². The van der Waals surface area contributed by atoms with Crippen molar-refractivity contribution in [3.8, 4) is 17.2 Å². The molecule has 4 heteroatoms. The quantitative estimate of drug-likeness (QED) is 0.795. The minimum absolute atomic E-state index is 0.309. The minimum atomic E-state index is 0.309. The number of rotatable bonds is 6. The van der Waals surface area contributed by atoms with Gasteiger partial charge in [-0.25, -0.2) is 0 Å². The summed E-state index contributed by atoms with van der Waals surface area (Å²) < 4.78 is 10.8. The fraction of sp³-hybridized carbons (Fsp3) is 0.294. The molecule has 0 aromatic heterocycles. The van der Waals surface area contributed by atoms with E-state index in [0.717, 1.165) is 28.3 Å². The van der Waals surface area contributed by atoms with E-state index in [0.29, 0.717) is 18.9 Å². The summed E-state index contributed by atoms with van der Waals surface area (Å²) in [6.07, 6.45) is 0. The van der Waals surface area contributed by atoms with Crippen LogP contribution in [0, 0.1) is 6.92 Å².